The molecule has 4 aromatic rings. The fraction of sp³-hybridized carbons (Fsp3) is 0.185. The molecule has 3 heterocycles. The molecule has 0 aliphatic heterocycles. The molecule has 1 fully saturated rings. The molecule has 2 amide bonds. The minimum absolute atomic E-state index is 0.189. The predicted octanol–water partition coefficient (Wildman–Crippen LogP) is 5.62. The van der Waals surface area contributed by atoms with Gasteiger partial charge in [-0.05, 0) is 78.9 Å². The van der Waals surface area contributed by atoms with Gasteiger partial charge in [0.05, 0.1) is 17.5 Å². The average Bonchev–Trinajstić information content (AvgIpc) is 3.68. The molecule has 5 rings (SSSR count). The van der Waals surface area contributed by atoms with Gasteiger partial charge in [0, 0.05) is 23.6 Å². The van der Waals surface area contributed by atoms with Crippen LogP contribution in [0.15, 0.2) is 67.1 Å². The van der Waals surface area contributed by atoms with Crippen LogP contribution in [0.4, 0.5) is 29.1 Å². The zero-order valence-electron chi connectivity index (χ0n) is 20.4. The van der Waals surface area contributed by atoms with E-state index in [-0.39, 0.29) is 18.7 Å². The van der Waals surface area contributed by atoms with Crippen LogP contribution in [0.25, 0.3) is 22.4 Å². The SMILES string of the molecule is Cc1ccc(NC(=O)c2cc(C(F)(F)F)cnn2)cc1-c1ccnc(-c2ccnc(NC(=O)C3(F)CC3)c2)c1. The topological polar surface area (TPSA) is 110 Å². The Morgan fingerprint density at radius 2 is 1.67 bits per heavy atom. The highest BCUT2D eigenvalue weighted by atomic mass is 19.4. The van der Waals surface area contributed by atoms with Gasteiger partial charge in [0.2, 0.25) is 0 Å². The first kappa shape index (κ1) is 25.9. The van der Waals surface area contributed by atoms with E-state index < -0.39 is 34.9 Å². The Balaban J connectivity index is 1.38. The number of hydrogen-bond acceptors (Lipinski definition) is 6. The van der Waals surface area contributed by atoms with Gasteiger partial charge in [-0.1, -0.05) is 6.07 Å². The number of nitrogens with one attached hydrogen (secondary N) is 2. The normalized spacial score (nSPS) is 14.0. The number of aromatic nitrogens is 4. The number of amides is 2. The standard InChI is InChI=1S/C27H20F4N6O2/c1-15-2-3-19(35-24(38)22-12-18(14-34-37-22)27(29,30)31)13-20(15)16-4-8-32-21(10-16)17-5-9-33-23(11-17)36-25(39)26(28)6-7-26/h2-5,8-14H,6-7H2,1H3,(H,35,38)(H,33,36,39). The van der Waals surface area contributed by atoms with Crippen LogP contribution >= 0.6 is 0 Å². The van der Waals surface area contributed by atoms with Crippen molar-refractivity contribution in [2.45, 2.75) is 31.6 Å². The fourth-order valence-electron chi connectivity index (χ4n) is 3.82. The number of hydrogen-bond donors (Lipinski definition) is 2. The van der Waals surface area contributed by atoms with Crippen molar-refractivity contribution >= 4 is 23.3 Å². The Hall–Kier alpha value is -4.74. The van der Waals surface area contributed by atoms with Crippen LogP contribution in [0.3, 0.4) is 0 Å². The summed E-state index contributed by atoms with van der Waals surface area (Å²) in [6.07, 6.45) is -0.661. The van der Waals surface area contributed by atoms with Crippen molar-refractivity contribution in [2.24, 2.45) is 0 Å². The molecule has 1 aliphatic carbocycles. The van der Waals surface area contributed by atoms with E-state index in [9.17, 15) is 27.2 Å². The number of nitrogens with zero attached hydrogens (tertiary/aromatic N) is 4. The molecule has 1 aliphatic rings. The van der Waals surface area contributed by atoms with Crippen molar-refractivity contribution in [2.75, 3.05) is 10.6 Å². The molecule has 12 heteroatoms. The summed E-state index contributed by atoms with van der Waals surface area (Å²) >= 11 is 0. The molecule has 0 spiro atoms. The number of alkyl halides is 4. The highest BCUT2D eigenvalue weighted by molar-refractivity contribution is 6.03. The smallest absolute Gasteiger partial charge is 0.321 e. The molecule has 3 aromatic heterocycles. The maximum atomic E-state index is 14.0. The zero-order valence-corrected chi connectivity index (χ0v) is 20.4. The summed E-state index contributed by atoms with van der Waals surface area (Å²) in [7, 11) is 0. The van der Waals surface area contributed by atoms with Gasteiger partial charge >= 0.3 is 6.18 Å². The molecule has 39 heavy (non-hydrogen) atoms. The number of pyridine rings is 2. The molecule has 0 atom stereocenters. The van der Waals surface area contributed by atoms with E-state index in [2.05, 4.69) is 30.8 Å². The Bertz CT molecular complexity index is 1590. The van der Waals surface area contributed by atoms with Gasteiger partial charge in [-0.15, -0.1) is 5.10 Å². The summed E-state index contributed by atoms with van der Waals surface area (Å²) in [4.78, 5) is 33.1. The lowest BCUT2D eigenvalue weighted by Crippen LogP contribution is -2.25. The second-order valence-corrected chi connectivity index (χ2v) is 9.09. The molecular formula is C27H20F4N6O2. The van der Waals surface area contributed by atoms with Crippen LogP contribution < -0.4 is 10.6 Å². The fourth-order valence-corrected chi connectivity index (χ4v) is 3.82. The molecular weight excluding hydrogens is 516 g/mol. The highest BCUT2D eigenvalue weighted by Crippen LogP contribution is 2.40. The number of benzene rings is 1. The molecule has 8 nitrogen and oxygen atoms in total. The van der Waals surface area contributed by atoms with Crippen molar-refractivity contribution in [3.63, 3.8) is 0 Å². The minimum atomic E-state index is -4.66. The Kier molecular flexibility index (Phi) is 6.54. The van der Waals surface area contributed by atoms with Gasteiger partial charge < -0.3 is 10.6 Å². The number of carbonyl (C=O) groups is 2. The van der Waals surface area contributed by atoms with Crippen LogP contribution in [0, 0.1) is 6.92 Å². The minimum Gasteiger partial charge on any atom is -0.321 e. The summed E-state index contributed by atoms with van der Waals surface area (Å²) in [6, 6.07) is 12.5. The van der Waals surface area contributed by atoms with E-state index in [4.69, 9.17) is 0 Å². The van der Waals surface area contributed by atoms with Crippen molar-refractivity contribution in [1.29, 1.82) is 0 Å². The summed E-state index contributed by atoms with van der Waals surface area (Å²) in [5.74, 6) is -1.36. The van der Waals surface area contributed by atoms with Crippen LogP contribution in [0.1, 0.15) is 34.5 Å². The molecule has 0 radical (unpaired) electrons. The second-order valence-electron chi connectivity index (χ2n) is 9.09. The summed E-state index contributed by atoms with van der Waals surface area (Å²) in [6.45, 7) is 1.87. The quantitative estimate of drug-likeness (QED) is 0.310. The number of anilines is 2. The number of rotatable bonds is 6. The molecule has 0 bridgehead atoms. The lowest BCUT2D eigenvalue weighted by Gasteiger charge is -2.12. The van der Waals surface area contributed by atoms with Crippen molar-refractivity contribution in [1.82, 2.24) is 20.2 Å². The Morgan fingerprint density at radius 1 is 0.923 bits per heavy atom. The van der Waals surface area contributed by atoms with Gasteiger partial charge in [-0.2, -0.15) is 18.3 Å². The van der Waals surface area contributed by atoms with E-state index >= 15 is 0 Å². The largest absolute Gasteiger partial charge is 0.418 e. The zero-order chi connectivity index (χ0) is 27.8. The van der Waals surface area contributed by atoms with Crippen LogP contribution in [-0.4, -0.2) is 37.6 Å². The van der Waals surface area contributed by atoms with Crippen LogP contribution in [0.2, 0.25) is 0 Å². The first-order valence-electron chi connectivity index (χ1n) is 11.8. The van der Waals surface area contributed by atoms with E-state index in [1.54, 1.807) is 48.7 Å². The maximum absolute atomic E-state index is 14.0. The number of carbonyl (C=O) groups excluding carboxylic acids is 2. The lowest BCUT2D eigenvalue weighted by molar-refractivity contribution is -0.138. The second kappa shape index (κ2) is 9.86. The molecule has 2 N–H and O–H groups in total. The highest BCUT2D eigenvalue weighted by Gasteiger charge is 2.51. The lowest BCUT2D eigenvalue weighted by atomic mass is 9.99. The summed E-state index contributed by atoms with van der Waals surface area (Å²) < 4.78 is 53.0. The maximum Gasteiger partial charge on any atom is 0.418 e. The van der Waals surface area contributed by atoms with Crippen LogP contribution in [0.5, 0.6) is 0 Å². The Labute approximate surface area is 219 Å². The molecule has 198 valence electrons. The predicted molar refractivity (Wildman–Crippen MR) is 134 cm³/mol. The third-order valence-electron chi connectivity index (χ3n) is 6.17. The Morgan fingerprint density at radius 3 is 2.41 bits per heavy atom. The molecule has 1 saturated carbocycles. The summed E-state index contributed by atoms with van der Waals surface area (Å²) in [5.41, 5.74) is 0.498. The first-order valence-corrected chi connectivity index (χ1v) is 11.8. The van der Waals surface area contributed by atoms with E-state index in [1.807, 2.05) is 6.92 Å². The average molecular weight is 536 g/mol. The van der Waals surface area contributed by atoms with Gasteiger partial charge in [0.1, 0.15) is 5.82 Å². The third-order valence-corrected chi connectivity index (χ3v) is 6.17. The number of halogens is 4. The van der Waals surface area contributed by atoms with Gasteiger partial charge in [0.25, 0.3) is 11.8 Å². The van der Waals surface area contributed by atoms with Gasteiger partial charge in [-0.25, -0.2) is 9.37 Å². The van der Waals surface area contributed by atoms with Gasteiger partial charge in [-0.3, -0.25) is 14.6 Å². The monoisotopic (exact) mass is 536 g/mol. The van der Waals surface area contributed by atoms with Crippen LogP contribution in [-0.2, 0) is 11.0 Å². The first-order chi connectivity index (χ1) is 18.5. The van der Waals surface area contributed by atoms with E-state index in [0.29, 0.717) is 29.2 Å². The van der Waals surface area contributed by atoms with Crippen molar-refractivity contribution < 1.29 is 27.2 Å². The van der Waals surface area contributed by atoms with Crippen molar-refractivity contribution in [3.8, 4) is 22.4 Å². The summed E-state index contributed by atoms with van der Waals surface area (Å²) in [5, 5.41) is 11.9. The molecule has 1 aromatic carbocycles. The third kappa shape index (κ3) is 5.74. The number of aryl methyl sites for hydroxylation is 1. The van der Waals surface area contributed by atoms with Gasteiger partial charge in [0.15, 0.2) is 11.4 Å². The van der Waals surface area contributed by atoms with E-state index in [0.717, 1.165) is 16.7 Å². The van der Waals surface area contributed by atoms with Crippen molar-refractivity contribution in [3.05, 3.63) is 83.9 Å². The molecule has 0 unspecified atom stereocenters. The van der Waals surface area contributed by atoms with E-state index in [1.165, 1.54) is 6.20 Å². The molecule has 0 saturated heterocycles.